The summed E-state index contributed by atoms with van der Waals surface area (Å²) in [5.41, 5.74) is 6.29. The average Bonchev–Trinajstić information content (AvgIpc) is 2.40. The second kappa shape index (κ2) is 6.66. The van der Waals surface area contributed by atoms with E-state index in [1.54, 1.807) is 16.4 Å². The van der Waals surface area contributed by atoms with Gasteiger partial charge in [0.25, 0.3) is 0 Å². The molecule has 0 bridgehead atoms. The third kappa shape index (κ3) is 4.35. The fourth-order valence-corrected chi connectivity index (χ4v) is 4.35. The standard InChI is InChI=1S/C15H24N2O3S/c1-12-9-13(2)11-17(10-12)21(18,19)8-7-20-15-6-4-3-5-14(15)16/h3-6,12-13H,7-11,16H2,1-2H3. The van der Waals surface area contributed by atoms with E-state index in [4.69, 9.17) is 10.5 Å². The van der Waals surface area contributed by atoms with E-state index in [0.717, 1.165) is 6.42 Å². The minimum absolute atomic E-state index is 0.0131. The van der Waals surface area contributed by atoms with E-state index < -0.39 is 10.0 Å². The number of nitrogen functional groups attached to an aromatic ring is 1. The van der Waals surface area contributed by atoms with E-state index in [2.05, 4.69) is 13.8 Å². The smallest absolute Gasteiger partial charge is 0.217 e. The van der Waals surface area contributed by atoms with Gasteiger partial charge in [0.15, 0.2) is 0 Å². The first-order valence-corrected chi connectivity index (χ1v) is 8.94. The Balaban J connectivity index is 1.91. The highest BCUT2D eigenvalue weighted by Gasteiger charge is 2.30. The molecule has 0 spiro atoms. The SMILES string of the molecule is CC1CC(C)CN(S(=O)(=O)CCOc2ccccc2N)C1. The summed E-state index contributed by atoms with van der Waals surface area (Å²) < 4.78 is 31.8. The summed E-state index contributed by atoms with van der Waals surface area (Å²) in [7, 11) is -3.26. The Bertz CT molecular complexity index is 564. The largest absolute Gasteiger partial charge is 0.490 e. The zero-order valence-electron chi connectivity index (χ0n) is 12.7. The molecular weight excluding hydrogens is 288 g/mol. The van der Waals surface area contributed by atoms with Gasteiger partial charge in [-0.1, -0.05) is 26.0 Å². The van der Waals surface area contributed by atoms with Crippen molar-refractivity contribution in [3.63, 3.8) is 0 Å². The monoisotopic (exact) mass is 312 g/mol. The van der Waals surface area contributed by atoms with E-state index in [9.17, 15) is 8.42 Å². The van der Waals surface area contributed by atoms with Crippen LogP contribution in [0.15, 0.2) is 24.3 Å². The molecule has 6 heteroatoms. The highest BCUT2D eigenvalue weighted by molar-refractivity contribution is 7.89. The number of sulfonamides is 1. The van der Waals surface area contributed by atoms with Gasteiger partial charge < -0.3 is 10.5 Å². The topological polar surface area (TPSA) is 72.6 Å². The quantitative estimate of drug-likeness (QED) is 0.844. The van der Waals surface area contributed by atoms with Crippen LogP contribution < -0.4 is 10.5 Å². The molecule has 1 aliphatic heterocycles. The number of rotatable bonds is 5. The van der Waals surface area contributed by atoms with Gasteiger partial charge in [-0.15, -0.1) is 0 Å². The predicted octanol–water partition coefficient (Wildman–Crippen LogP) is 1.96. The number of hydrogen-bond donors (Lipinski definition) is 1. The number of benzene rings is 1. The summed E-state index contributed by atoms with van der Waals surface area (Å²) in [5, 5.41) is 0. The lowest BCUT2D eigenvalue weighted by Gasteiger charge is -2.34. The summed E-state index contributed by atoms with van der Waals surface area (Å²) >= 11 is 0. The molecule has 118 valence electrons. The summed E-state index contributed by atoms with van der Waals surface area (Å²) in [4.78, 5) is 0. The van der Waals surface area contributed by atoms with Crippen LogP contribution in [0.25, 0.3) is 0 Å². The molecule has 0 amide bonds. The lowest BCUT2D eigenvalue weighted by Crippen LogP contribution is -2.44. The first kappa shape index (κ1) is 16.1. The number of anilines is 1. The van der Waals surface area contributed by atoms with Crippen molar-refractivity contribution in [3.05, 3.63) is 24.3 Å². The molecule has 0 radical (unpaired) electrons. The molecule has 0 aliphatic carbocycles. The normalized spacial score (nSPS) is 23.9. The van der Waals surface area contributed by atoms with Gasteiger partial charge in [-0.25, -0.2) is 12.7 Å². The van der Waals surface area contributed by atoms with E-state index in [1.807, 2.05) is 12.1 Å². The molecule has 0 aromatic heterocycles. The highest BCUT2D eigenvalue weighted by atomic mass is 32.2. The summed E-state index contributed by atoms with van der Waals surface area (Å²) in [6, 6.07) is 7.11. The molecule has 2 unspecified atom stereocenters. The van der Waals surface area contributed by atoms with Gasteiger partial charge in [-0.05, 0) is 30.4 Å². The van der Waals surface area contributed by atoms with Gasteiger partial charge in [0.2, 0.25) is 10.0 Å². The van der Waals surface area contributed by atoms with E-state index in [-0.39, 0.29) is 12.4 Å². The number of para-hydroxylation sites is 2. The minimum Gasteiger partial charge on any atom is -0.490 e. The van der Waals surface area contributed by atoms with E-state index in [0.29, 0.717) is 36.4 Å². The Morgan fingerprint density at radius 3 is 2.48 bits per heavy atom. The number of hydrogen-bond acceptors (Lipinski definition) is 4. The van der Waals surface area contributed by atoms with Gasteiger partial charge in [0.05, 0.1) is 11.4 Å². The molecule has 0 saturated carbocycles. The Morgan fingerprint density at radius 2 is 1.86 bits per heavy atom. The van der Waals surface area contributed by atoms with Crippen LogP contribution in [-0.4, -0.2) is 38.2 Å². The molecule has 2 N–H and O–H groups in total. The number of ether oxygens (including phenoxy) is 1. The Morgan fingerprint density at radius 1 is 1.24 bits per heavy atom. The molecular formula is C15H24N2O3S. The number of nitrogens with zero attached hydrogens (tertiary/aromatic N) is 1. The lowest BCUT2D eigenvalue weighted by molar-refractivity contribution is 0.221. The molecule has 1 heterocycles. The zero-order chi connectivity index (χ0) is 15.5. The molecule has 2 atom stereocenters. The van der Waals surface area contributed by atoms with Crippen molar-refractivity contribution in [3.8, 4) is 5.75 Å². The van der Waals surface area contributed by atoms with Crippen molar-refractivity contribution in [2.75, 3.05) is 31.2 Å². The van der Waals surface area contributed by atoms with Gasteiger partial charge >= 0.3 is 0 Å². The summed E-state index contributed by atoms with van der Waals surface area (Å²) in [5.74, 6) is 1.34. The van der Waals surface area contributed by atoms with Crippen LogP contribution in [0.5, 0.6) is 5.75 Å². The summed E-state index contributed by atoms with van der Waals surface area (Å²) in [6.07, 6.45) is 1.09. The van der Waals surface area contributed by atoms with Gasteiger partial charge in [-0.2, -0.15) is 0 Å². The maximum absolute atomic E-state index is 12.4. The zero-order valence-corrected chi connectivity index (χ0v) is 13.5. The van der Waals surface area contributed by atoms with Crippen LogP contribution in [0.1, 0.15) is 20.3 Å². The summed E-state index contributed by atoms with van der Waals surface area (Å²) in [6.45, 7) is 5.54. The Kier molecular flexibility index (Phi) is 5.11. The van der Waals surface area contributed by atoms with Gasteiger partial charge in [0.1, 0.15) is 12.4 Å². The van der Waals surface area contributed by atoms with Crippen LogP contribution in [0, 0.1) is 11.8 Å². The van der Waals surface area contributed by atoms with E-state index in [1.165, 1.54) is 0 Å². The van der Waals surface area contributed by atoms with Crippen molar-refractivity contribution in [2.45, 2.75) is 20.3 Å². The highest BCUT2D eigenvalue weighted by Crippen LogP contribution is 2.24. The van der Waals surface area contributed by atoms with Crippen molar-refractivity contribution in [1.29, 1.82) is 0 Å². The third-order valence-electron chi connectivity index (χ3n) is 3.75. The van der Waals surface area contributed by atoms with Crippen LogP contribution in [0.4, 0.5) is 5.69 Å². The molecule has 1 aromatic carbocycles. The fraction of sp³-hybridized carbons (Fsp3) is 0.600. The fourth-order valence-electron chi connectivity index (χ4n) is 2.83. The van der Waals surface area contributed by atoms with Crippen LogP contribution in [-0.2, 0) is 10.0 Å². The lowest BCUT2D eigenvalue weighted by atomic mass is 9.94. The van der Waals surface area contributed by atoms with Crippen LogP contribution in [0.3, 0.4) is 0 Å². The molecule has 1 aromatic rings. The molecule has 2 rings (SSSR count). The molecule has 1 aliphatic rings. The van der Waals surface area contributed by atoms with Crippen molar-refractivity contribution < 1.29 is 13.2 Å². The molecule has 1 saturated heterocycles. The number of nitrogens with two attached hydrogens (primary N) is 1. The minimum atomic E-state index is -3.26. The van der Waals surface area contributed by atoms with Crippen molar-refractivity contribution >= 4 is 15.7 Å². The van der Waals surface area contributed by atoms with E-state index >= 15 is 0 Å². The second-order valence-corrected chi connectivity index (χ2v) is 8.05. The molecule has 5 nitrogen and oxygen atoms in total. The van der Waals surface area contributed by atoms with Crippen LogP contribution >= 0.6 is 0 Å². The van der Waals surface area contributed by atoms with Crippen molar-refractivity contribution in [2.24, 2.45) is 11.8 Å². The third-order valence-corrected chi connectivity index (χ3v) is 5.51. The molecule has 21 heavy (non-hydrogen) atoms. The first-order chi connectivity index (χ1) is 9.88. The van der Waals surface area contributed by atoms with Gasteiger partial charge in [-0.3, -0.25) is 0 Å². The maximum atomic E-state index is 12.4. The van der Waals surface area contributed by atoms with Crippen LogP contribution in [0.2, 0.25) is 0 Å². The molecule has 1 fully saturated rings. The average molecular weight is 312 g/mol. The van der Waals surface area contributed by atoms with Crippen molar-refractivity contribution in [1.82, 2.24) is 4.31 Å². The number of piperidine rings is 1. The second-order valence-electron chi connectivity index (χ2n) is 5.97. The predicted molar refractivity (Wildman–Crippen MR) is 84.7 cm³/mol. The Labute approximate surface area is 127 Å². The maximum Gasteiger partial charge on any atom is 0.217 e. The van der Waals surface area contributed by atoms with Gasteiger partial charge in [0, 0.05) is 13.1 Å². The first-order valence-electron chi connectivity index (χ1n) is 7.33. The Hall–Kier alpha value is -1.27.